The predicted molar refractivity (Wildman–Crippen MR) is 118 cm³/mol. The number of carbonyl (C=O) groups is 2. The van der Waals surface area contributed by atoms with Crippen LogP contribution in [0.25, 0.3) is 0 Å². The molecule has 0 aliphatic heterocycles. The fourth-order valence-corrected chi connectivity index (χ4v) is 7.21. The number of nitrogens with one attached hydrogen (secondary N) is 1. The van der Waals surface area contributed by atoms with Crippen LogP contribution in [0, 0.1) is 28.6 Å². The van der Waals surface area contributed by atoms with E-state index in [1.165, 1.54) is 12.0 Å². The molecule has 7 atom stereocenters. The molecule has 8 nitrogen and oxygen atoms in total. The molecule has 0 unspecified atom stereocenters. The maximum atomic E-state index is 11.8. The number of carbonyl (C=O) groups excluding carboxylic acids is 1. The van der Waals surface area contributed by atoms with Gasteiger partial charge in [0, 0.05) is 0 Å². The summed E-state index contributed by atoms with van der Waals surface area (Å²) in [6.45, 7) is 3.63. The predicted octanol–water partition coefficient (Wildman–Crippen LogP) is 2.24. The Morgan fingerprint density at radius 3 is 2.69 bits per heavy atom. The molecule has 0 radical (unpaired) electrons. The smallest absolute Gasteiger partial charge is 0.328 e. The van der Waals surface area contributed by atoms with Gasteiger partial charge in [-0.1, -0.05) is 24.6 Å². The lowest BCUT2D eigenvalue weighted by Crippen LogP contribution is -2.51. The normalized spacial score (nSPS) is 40.5. The van der Waals surface area contributed by atoms with Gasteiger partial charge in [0.25, 0.3) is 5.91 Å². The van der Waals surface area contributed by atoms with Crippen molar-refractivity contribution in [3.05, 3.63) is 11.6 Å². The molecule has 0 aromatic carbocycles. The molecule has 0 heterocycles. The number of hydrogen-bond acceptors (Lipinski definition) is 6. The number of fused-ring (bicyclic) bond motifs is 5. The van der Waals surface area contributed by atoms with E-state index in [-0.39, 0.29) is 23.5 Å². The molecule has 4 aliphatic carbocycles. The summed E-state index contributed by atoms with van der Waals surface area (Å²) >= 11 is 0. The summed E-state index contributed by atoms with van der Waals surface area (Å²) in [5.41, 5.74) is 2.48. The number of oxime groups is 1. The van der Waals surface area contributed by atoms with Crippen molar-refractivity contribution in [2.45, 2.75) is 77.4 Å². The van der Waals surface area contributed by atoms with Gasteiger partial charge in [0.05, 0.1) is 18.4 Å². The van der Waals surface area contributed by atoms with Crippen LogP contribution >= 0.6 is 0 Å². The van der Waals surface area contributed by atoms with Crippen LogP contribution in [0.2, 0.25) is 0 Å². The lowest BCUT2D eigenvalue weighted by molar-refractivity contribution is -0.143. The molecule has 4 rings (SSSR count). The molecule has 4 N–H and O–H groups in total. The number of aliphatic hydroxyl groups is 2. The van der Waals surface area contributed by atoms with Gasteiger partial charge >= 0.3 is 5.97 Å². The molecule has 3 fully saturated rings. The van der Waals surface area contributed by atoms with Crippen molar-refractivity contribution in [2.75, 3.05) is 13.2 Å². The summed E-state index contributed by atoms with van der Waals surface area (Å²) in [6, 6.07) is -1.34. The van der Waals surface area contributed by atoms with Crippen LogP contribution in [0.15, 0.2) is 16.8 Å². The zero-order chi connectivity index (χ0) is 23.1. The van der Waals surface area contributed by atoms with Gasteiger partial charge in [0.15, 0.2) is 6.61 Å². The first-order valence-electron chi connectivity index (χ1n) is 11.9. The van der Waals surface area contributed by atoms with Gasteiger partial charge in [-0.25, -0.2) is 4.79 Å². The molecule has 0 bridgehead atoms. The Bertz CT molecular complexity index is 825. The van der Waals surface area contributed by atoms with Crippen LogP contribution in [-0.4, -0.2) is 58.3 Å². The highest BCUT2D eigenvalue weighted by Gasteiger charge is 2.58. The van der Waals surface area contributed by atoms with Gasteiger partial charge in [-0.15, -0.1) is 0 Å². The van der Waals surface area contributed by atoms with Gasteiger partial charge in [-0.05, 0) is 86.0 Å². The Hall–Kier alpha value is -1.93. The van der Waals surface area contributed by atoms with Gasteiger partial charge in [0.2, 0.25) is 0 Å². The molecular weight excluding hydrogens is 412 g/mol. The SMILES string of the molecule is C[C@]12CC[C@H]3[C@@H](CCC4=CC(=NOCC(=O)N[C@H](CO)C(=O)O)CC[C@@]43C)[C@@H]1CC[C@H]2O. The molecular formula is C24H36N2O6. The summed E-state index contributed by atoms with van der Waals surface area (Å²) in [5.74, 6) is 0.0219. The Kier molecular flexibility index (Phi) is 6.38. The van der Waals surface area contributed by atoms with Crippen molar-refractivity contribution in [1.29, 1.82) is 0 Å². The molecule has 4 aliphatic rings. The third-order valence-electron chi connectivity index (χ3n) is 9.12. The summed E-state index contributed by atoms with van der Waals surface area (Å²) in [7, 11) is 0. The van der Waals surface area contributed by atoms with E-state index in [0.29, 0.717) is 17.8 Å². The maximum absolute atomic E-state index is 11.8. The number of allylic oxidation sites excluding steroid dienone is 2. The number of carboxylic acid groups (broad SMARTS) is 1. The third kappa shape index (κ3) is 3.96. The molecule has 178 valence electrons. The Morgan fingerprint density at radius 2 is 1.97 bits per heavy atom. The Labute approximate surface area is 189 Å². The van der Waals surface area contributed by atoms with Crippen molar-refractivity contribution in [3.8, 4) is 0 Å². The largest absolute Gasteiger partial charge is 0.480 e. The van der Waals surface area contributed by atoms with E-state index in [1.54, 1.807) is 0 Å². The molecule has 32 heavy (non-hydrogen) atoms. The maximum Gasteiger partial charge on any atom is 0.328 e. The average Bonchev–Trinajstić information content (AvgIpc) is 3.06. The highest BCUT2D eigenvalue weighted by molar-refractivity contribution is 5.96. The van der Waals surface area contributed by atoms with Crippen LogP contribution in [0.4, 0.5) is 0 Å². The van der Waals surface area contributed by atoms with Crippen LogP contribution in [0.1, 0.15) is 65.2 Å². The number of amides is 1. The van der Waals surface area contributed by atoms with Crippen molar-refractivity contribution < 1.29 is 29.7 Å². The molecule has 0 aromatic heterocycles. The van der Waals surface area contributed by atoms with Crippen LogP contribution < -0.4 is 5.32 Å². The fourth-order valence-electron chi connectivity index (χ4n) is 7.21. The second-order valence-electron chi connectivity index (χ2n) is 10.6. The number of hydrogen-bond donors (Lipinski definition) is 4. The number of nitrogens with zero attached hydrogens (tertiary/aromatic N) is 1. The quantitative estimate of drug-likeness (QED) is 0.461. The zero-order valence-electron chi connectivity index (χ0n) is 19.0. The van der Waals surface area contributed by atoms with Crippen LogP contribution in [-0.2, 0) is 14.4 Å². The van der Waals surface area contributed by atoms with Crippen molar-refractivity contribution >= 4 is 17.6 Å². The van der Waals surface area contributed by atoms with Gasteiger partial charge in [-0.3, -0.25) is 4.79 Å². The molecule has 0 saturated heterocycles. The second kappa shape index (κ2) is 8.78. The van der Waals surface area contributed by atoms with E-state index in [2.05, 4.69) is 30.4 Å². The Balaban J connectivity index is 1.39. The lowest BCUT2D eigenvalue weighted by atomic mass is 9.47. The van der Waals surface area contributed by atoms with E-state index >= 15 is 0 Å². The summed E-state index contributed by atoms with van der Waals surface area (Å²) < 4.78 is 0. The first-order valence-corrected chi connectivity index (χ1v) is 11.9. The first kappa shape index (κ1) is 23.2. The lowest BCUT2D eigenvalue weighted by Gasteiger charge is -2.57. The summed E-state index contributed by atoms with van der Waals surface area (Å²) in [5, 5.41) is 34.8. The Morgan fingerprint density at radius 1 is 1.19 bits per heavy atom. The van der Waals surface area contributed by atoms with Gasteiger partial charge in [-0.2, -0.15) is 0 Å². The van der Waals surface area contributed by atoms with Gasteiger partial charge in [0.1, 0.15) is 6.04 Å². The van der Waals surface area contributed by atoms with Crippen molar-refractivity contribution in [3.63, 3.8) is 0 Å². The van der Waals surface area contributed by atoms with Crippen molar-refractivity contribution in [1.82, 2.24) is 5.32 Å². The number of rotatable bonds is 6. The van der Waals surface area contributed by atoms with E-state index in [0.717, 1.165) is 50.7 Å². The second-order valence-corrected chi connectivity index (χ2v) is 10.6. The molecule has 3 saturated carbocycles. The van der Waals surface area contributed by atoms with E-state index in [4.69, 9.17) is 15.1 Å². The number of carboxylic acids is 1. The zero-order valence-corrected chi connectivity index (χ0v) is 19.0. The van der Waals surface area contributed by atoms with Crippen LogP contribution in [0.3, 0.4) is 0 Å². The summed E-state index contributed by atoms with van der Waals surface area (Å²) in [6.07, 6.45) is 10.3. The fraction of sp³-hybridized carbons (Fsp3) is 0.792. The van der Waals surface area contributed by atoms with E-state index in [1.807, 2.05) is 0 Å². The van der Waals surface area contributed by atoms with Gasteiger partial charge < -0.3 is 25.5 Å². The topological polar surface area (TPSA) is 128 Å². The molecule has 0 spiro atoms. The number of aliphatic carboxylic acids is 1. The van der Waals surface area contributed by atoms with Crippen LogP contribution in [0.5, 0.6) is 0 Å². The van der Waals surface area contributed by atoms with E-state index in [9.17, 15) is 14.7 Å². The molecule has 0 aromatic rings. The minimum atomic E-state index is -1.34. The minimum absolute atomic E-state index is 0.0874. The molecule has 8 heteroatoms. The summed E-state index contributed by atoms with van der Waals surface area (Å²) in [4.78, 5) is 27.9. The van der Waals surface area contributed by atoms with Crippen molar-refractivity contribution in [2.24, 2.45) is 33.7 Å². The first-order chi connectivity index (χ1) is 15.2. The average molecular weight is 449 g/mol. The molecule has 1 amide bonds. The number of aliphatic hydroxyl groups excluding tert-OH is 2. The van der Waals surface area contributed by atoms with E-state index < -0.39 is 24.5 Å². The highest BCUT2D eigenvalue weighted by Crippen LogP contribution is 2.65. The third-order valence-corrected chi connectivity index (χ3v) is 9.12. The minimum Gasteiger partial charge on any atom is -0.480 e. The standard InChI is InChI=1S/C24H36N2O6/c1-23-9-7-15(26-32-13-21(29)25-19(12-27)22(30)31)11-14(23)3-4-16-17-5-6-20(28)24(17,2)10-8-18(16)23/h11,16-20,27-28H,3-10,12-13H2,1-2H3,(H,25,29)(H,30,31)/t16-,17-,18-,19+,20+,23-,24-/m0/s1. The highest BCUT2D eigenvalue weighted by atomic mass is 16.6. The monoisotopic (exact) mass is 448 g/mol.